The zero-order chi connectivity index (χ0) is 19.1. The first-order chi connectivity index (χ1) is 12.5. The lowest BCUT2D eigenvalue weighted by molar-refractivity contribution is -0.164. The molecular weight excluding hydrogens is 342 g/mol. The third-order valence-electron chi connectivity index (χ3n) is 3.76. The van der Waals surface area contributed by atoms with E-state index < -0.39 is 36.0 Å². The lowest BCUT2D eigenvalue weighted by Gasteiger charge is -2.24. The summed E-state index contributed by atoms with van der Waals surface area (Å²) in [6.07, 6.45) is -1.30. The van der Waals surface area contributed by atoms with Crippen LogP contribution in [0.15, 0.2) is 30.3 Å². The van der Waals surface area contributed by atoms with Crippen LogP contribution in [0.5, 0.6) is 0 Å². The summed E-state index contributed by atoms with van der Waals surface area (Å²) >= 11 is 0. The van der Waals surface area contributed by atoms with Crippen molar-refractivity contribution in [2.24, 2.45) is 5.92 Å². The molecule has 1 aromatic rings. The second kappa shape index (κ2) is 9.19. The molecular formula is C18H23NO7. The Bertz CT molecular complexity index is 634. The molecule has 3 atom stereocenters. The van der Waals surface area contributed by atoms with Crippen LogP contribution in [-0.4, -0.2) is 49.9 Å². The second-order valence-corrected chi connectivity index (χ2v) is 5.41. The number of anilines is 1. The number of carbonyl (C=O) groups excluding carboxylic acids is 3. The van der Waals surface area contributed by atoms with E-state index in [4.69, 9.17) is 19.0 Å². The number of carbonyl (C=O) groups is 3. The number of esters is 3. The molecule has 0 unspecified atom stereocenters. The lowest BCUT2D eigenvalue weighted by Crippen LogP contribution is -2.45. The Kier molecular flexibility index (Phi) is 6.97. The molecule has 0 aliphatic carbocycles. The smallest absolute Gasteiger partial charge is 0.339 e. The molecule has 0 amide bonds. The van der Waals surface area contributed by atoms with Gasteiger partial charge in [0.1, 0.15) is 5.92 Å². The highest BCUT2D eigenvalue weighted by Crippen LogP contribution is 2.34. The predicted molar refractivity (Wildman–Crippen MR) is 91.0 cm³/mol. The van der Waals surface area contributed by atoms with Gasteiger partial charge < -0.3 is 14.2 Å². The van der Waals surface area contributed by atoms with Gasteiger partial charge >= 0.3 is 17.9 Å². The lowest BCUT2D eigenvalue weighted by atomic mass is 9.94. The highest BCUT2D eigenvalue weighted by Gasteiger charge is 2.56. The number of ether oxygens (including phenoxy) is 3. The number of hydrogen-bond acceptors (Lipinski definition) is 8. The van der Waals surface area contributed by atoms with Crippen molar-refractivity contribution in [3.8, 4) is 0 Å². The Morgan fingerprint density at radius 2 is 1.42 bits per heavy atom. The van der Waals surface area contributed by atoms with E-state index in [2.05, 4.69) is 0 Å². The van der Waals surface area contributed by atoms with Crippen molar-refractivity contribution in [2.75, 3.05) is 24.9 Å². The predicted octanol–water partition coefficient (Wildman–Crippen LogP) is 1.48. The molecule has 8 heteroatoms. The van der Waals surface area contributed by atoms with Crippen molar-refractivity contribution in [1.82, 2.24) is 0 Å². The largest absolute Gasteiger partial charge is 0.466 e. The van der Waals surface area contributed by atoms with Crippen LogP contribution in [0.4, 0.5) is 5.69 Å². The molecule has 0 spiro atoms. The van der Waals surface area contributed by atoms with Gasteiger partial charge in [0.2, 0.25) is 0 Å². The van der Waals surface area contributed by atoms with Gasteiger partial charge in [0.05, 0.1) is 25.5 Å². The van der Waals surface area contributed by atoms with Gasteiger partial charge in [-0.05, 0) is 32.9 Å². The molecule has 0 N–H and O–H groups in total. The maximum atomic E-state index is 12.6. The summed E-state index contributed by atoms with van der Waals surface area (Å²) < 4.78 is 15.2. The Balaban J connectivity index is 2.45. The fourth-order valence-corrected chi connectivity index (χ4v) is 2.74. The monoisotopic (exact) mass is 365 g/mol. The van der Waals surface area contributed by atoms with Gasteiger partial charge in [0.25, 0.3) is 0 Å². The van der Waals surface area contributed by atoms with Gasteiger partial charge in [-0.25, -0.2) is 14.7 Å². The fraction of sp³-hybridized carbons (Fsp3) is 0.500. The van der Waals surface area contributed by atoms with Gasteiger partial charge in [-0.15, -0.1) is 0 Å². The number of para-hydroxylation sites is 1. The minimum Gasteiger partial charge on any atom is -0.466 e. The van der Waals surface area contributed by atoms with E-state index >= 15 is 0 Å². The number of hydrogen-bond donors (Lipinski definition) is 0. The summed E-state index contributed by atoms with van der Waals surface area (Å²) in [5.41, 5.74) is 0.506. The van der Waals surface area contributed by atoms with E-state index in [0.29, 0.717) is 5.69 Å². The van der Waals surface area contributed by atoms with E-state index in [9.17, 15) is 14.4 Å². The maximum absolute atomic E-state index is 12.6. The average Bonchev–Trinajstić information content (AvgIpc) is 3.04. The Hall–Kier alpha value is -2.61. The average molecular weight is 365 g/mol. The number of benzene rings is 1. The third-order valence-corrected chi connectivity index (χ3v) is 3.76. The molecule has 0 bridgehead atoms. The normalized spacial score (nSPS) is 22.0. The zero-order valence-corrected chi connectivity index (χ0v) is 15.0. The molecule has 2 rings (SSSR count). The van der Waals surface area contributed by atoms with Gasteiger partial charge in [-0.1, -0.05) is 18.2 Å². The van der Waals surface area contributed by atoms with Crippen molar-refractivity contribution in [2.45, 2.75) is 32.9 Å². The number of nitrogens with zero attached hydrogens (tertiary/aromatic N) is 1. The fourth-order valence-electron chi connectivity index (χ4n) is 2.74. The number of rotatable bonds is 7. The van der Waals surface area contributed by atoms with Gasteiger partial charge in [-0.2, -0.15) is 0 Å². The first kappa shape index (κ1) is 19.7. The summed E-state index contributed by atoms with van der Waals surface area (Å²) in [7, 11) is 0. The van der Waals surface area contributed by atoms with Gasteiger partial charge in [-0.3, -0.25) is 9.63 Å². The second-order valence-electron chi connectivity index (χ2n) is 5.41. The van der Waals surface area contributed by atoms with Crippen molar-refractivity contribution >= 4 is 23.6 Å². The molecule has 1 aliphatic rings. The molecule has 26 heavy (non-hydrogen) atoms. The molecule has 0 saturated carbocycles. The molecule has 0 radical (unpaired) electrons. The van der Waals surface area contributed by atoms with Crippen LogP contribution in [0, 0.1) is 5.92 Å². The van der Waals surface area contributed by atoms with Gasteiger partial charge in [0, 0.05) is 0 Å². The van der Waals surface area contributed by atoms with Crippen molar-refractivity contribution < 1.29 is 33.4 Å². The summed E-state index contributed by atoms with van der Waals surface area (Å²) in [6, 6.07) is 7.52. The molecule has 1 fully saturated rings. The van der Waals surface area contributed by atoms with Crippen molar-refractivity contribution in [3.05, 3.63) is 30.3 Å². The summed E-state index contributed by atoms with van der Waals surface area (Å²) in [5, 5.41) is 1.22. The first-order valence-corrected chi connectivity index (χ1v) is 8.56. The van der Waals surface area contributed by atoms with Crippen molar-refractivity contribution in [3.63, 3.8) is 0 Å². The molecule has 0 aromatic heterocycles. The zero-order valence-electron chi connectivity index (χ0n) is 15.0. The topological polar surface area (TPSA) is 91.4 Å². The van der Waals surface area contributed by atoms with Crippen LogP contribution < -0.4 is 5.06 Å². The first-order valence-electron chi connectivity index (χ1n) is 8.56. The van der Waals surface area contributed by atoms with Crippen LogP contribution in [0.1, 0.15) is 20.8 Å². The van der Waals surface area contributed by atoms with Crippen LogP contribution >= 0.6 is 0 Å². The Morgan fingerprint density at radius 3 is 2.00 bits per heavy atom. The summed E-state index contributed by atoms with van der Waals surface area (Å²) in [4.78, 5) is 43.1. The maximum Gasteiger partial charge on any atom is 0.339 e. The van der Waals surface area contributed by atoms with E-state index in [1.165, 1.54) is 5.06 Å². The van der Waals surface area contributed by atoms with Crippen LogP contribution in [0.25, 0.3) is 0 Å². The Labute approximate surface area is 151 Å². The molecule has 142 valence electrons. The van der Waals surface area contributed by atoms with Crippen molar-refractivity contribution in [1.29, 1.82) is 0 Å². The third kappa shape index (κ3) is 4.13. The summed E-state index contributed by atoms with van der Waals surface area (Å²) in [6.45, 7) is 5.28. The van der Waals surface area contributed by atoms with E-state index in [1.54, 1.807) is 51.1 Å². The van der Waals surface area contributed by atoms with Crippen LogP contribution in [-0.2, 0) is 33.4 Å². The van der Waals surface area contributed by atoms with Crippen LogP contribution in [0.2, 0.25) is 0 Å². The van der Waals surface area contributed by atoms with Gasteiger partial charge in [0.15, 0.2) is 12.1 Å². The molecule has 1 aliphatic heterocycles. The quantitative estimate of drug-likeness (QED) is 0.530. The minimum atomic E-state index is -1.30. The SMILES string of the molecule is CCOC(=O)[C@@H]1[C@H](C(=O)OCC)ON(c2ccccc2)[C@H]1C(=O)OCC. The minimum absolute atomic E-state index is 0.103. The Morgan fingerprint density at radius 1 is 0.885 bits per heavy atom. The standard InChI is InChI=1S/C18H23NO7/c1-4-23-16(20)13-14(17(21)24-5-2)19(12-10-8-7-9-11-12)26-15(13)18(22)25-6-3/h7-11,13-15H,4-6H2,1-3H3/t13-,14+,15+/m0/s1. The molecule has 1 aromatic carbocycles. The highest BCUT2D eigenvalue weighted by molar-refractivity contribution is 5.93. The summed E-state index contributed by atoms with van der Waals surface area (Å²) in [5.74, 6) is -3.34. The van der Waals surface area contributed by atoms with Crippen LogP contribution in [0.3, 0.4) is 0 Å². The highest BCUT2D eigenvalue weighted by atomic mass is 16.7. The van der Waals surface area contributed by atoms with E-state index in [-0.39, 0.29) is 19.8 Å². The molecule has 8 nitrogen and oxygen atoms in total. The van der Waals surface area contributed by atoms with E-state index in [1.807, 2.05) is 0 Å². The molecule has 1 heterocycles. The van der Waals surface area contributed by atoms with E-state index in [0.717, 1.165) is 0 Å². The number of hydroxylamine groups is 1. The molecule has 1 saturated heterocycles.